The molecule has 1 aromatic rings. The molecule has 104 valence electrons. The third-order valence-corrected chi connectivity index (χ3v) is 3.80. The van der Waals surface area contributed by atoms with Crippen LogP contribution in [0.1, 0.15) is 36.0 Å². The number of halogens is 1. The first-order valence-electron chi connectivity index (χ1n) is 6.67. The van der Waals surface area contributed by atoms with Crippen molar-refractivity contribution < 1.29 is 9.18 Å². The molecule has 1 saturated carbocycles. The molecule has 2 atom stereocenters. The van der Waals surface area contributed by atoms with Crippen molar-refractivity contribution in [3.8, 4) is 0 Å². The molecule has 5 heteroatoms. The molecule has 0 spiro atoms. The molecule has 5 N–H and O–H groups in total. The van der Waals surface area contributed by atoms with E-state index in [4.69, 9.17) is 11.5 Å². The van der Waals surface area contributed by atoms with Gasteiger partial charge in [-0.2, -0.15) is 0 Å². The smallest absolute Gasteiger partial charge is 0.250 e. The van der Waals surface area contributed by atoms with Crippen LogP contribution in [0.5, 0.6) is 0 Å². The van der Waals surface area contributed by atoms with E-state index in [0.717, 1.165) is 19.3 Å². The van der Waals surface area contributed by atoms with Crippen LogP contribution in [0.4, 0.5) is 10.1 Å². The Labute approximate surface area is 112 Å². The zero-order valence-corrected chi connectivity index (χ0v) is 10.9. The number of primary amides is 1. The average molecular weight is 265 g/mol. The lowest BCUT2D eigenvalue weighted by molar-refractivity contribution is 0.100. The normalized spacial score (nSPS) is 23.1. The van der Waals surface area contributed by atoms with E-state index in [-0.39, 0.29) is 11.6 Å². The van der Waals surface area contributed by atoms with Crippen LogP contribution in [0.15, 0.2) is 18.2 Å². The molecule has 1 amide bonds. The number of amides is 1. The second-order valence-corrected chi connectivity index (χ2v) is 5.09. The molecule has 19 heavy (non-hydrogen) atoms. The van der Waals surface area contributed by atoms with Crippen LogP contribution in [-0.4, -0.2) is 18.5 Å². The molecule has 2 rings (SSSR count). The van der Waals surface area contributed by atoms with Crippen molar-refractivity contribution in [1.29, 1.82) is 0 Å². The number of carbonyl (C=O) groups excluding carboxylic acids is 1. The highest BCUT2D eigenvalue weighted by Crippen LogP contribution is 2.28. The Kier molecular flexibility index (Phi) is 4.37. The third-order valence-electron chi connectivity index (χ3n) is 3.80. The van der Waals surface area contributed by atoms with E-state index >= 15 is 0 Å². The number of hydrogen-bond donors (Lipinski definition) is 3. The topological polar surface area (TPSA) is 81.1 Å². The van der Waals surface area contributed by atoms with E-state index in [1.165, 1.54) is 18.6 Å². The van der Waals surface area contributed by atoms with Crippen molar-refractivity contribution >= 4 is 11.6 Å². The van der Waals surface area contributed by atoms with E-state index in [2.05, 4.69) is 5.32 Å². The number of rotatable bonds is 4. The minimum absolute atomic E-state index is 0.196. The monoisotopic (exact) mass is 265 g/mol. The van der Waals surface area contributed by atoms with Gasteiger partial charge in [0, 0.05) is 11.7 Å². The van der Waals surface area contributed by atoms with Crippen LogP contribution in [0.3, 0.4) is 0 Å². The van der Waals surface area contributed by atoms with Gasteiger partial charge in [0.15, 0.2) is 0 Å². The minimum atomic E-state index is -0.623. The van der Waals surface area contributed by atoms with Crippen LogP contribution in [0.2, 0.25) is 0 Å². The Morgan fingerprint density at radius 3 is 2.79 bits per heavy atom. The summed E-state index contributed by atoms with van der Waals surface area (Å²) in [5, 5.41) is 3.31. The molecule has 0 aliphatic heterocycles. The Morgan fingerprint density at radius 1 is 1.37 bits per heavy atom. The number of hydrogen-bond acceptors (Lipinski definition) is 3. The summed E-state index contributed by atoms with van der Waals surface area (Å²) in [4.78, 5) is 11.4. The van der Waals surface area contributed by atoms with Crippen molar-refractivity contribution in [1.82, 2.24) is 0 Å². The van der Waals surface area contributed by atoms with Gasteiger partial charge in [-0.3, -0.25) is 4.79 Å². The summed E-state index contributed by atoms with van der Waals surface area (Å²) >= 11 is 0. The molecule has 0 bridgehead atoms. The van der Waals surface area contributed by atoms with Gasteiger partial charge in [-0.15, -0.1) is 0 Å². The molecular weight excluding hydrogens is 245 g/mol. The maximum atomic E-state index is 13.2. The first kappa shape index (κ1) is 13.8. The summed E-state index contributed by atoms with van der Waals surface area (Å²) < 4.78 is 13.2. The molecule has 1 aliphatic rings. The van der Waals surface area contributed by atoms with Gasteiger partial charge in [-0.25, -0.2) is 4.39 Å². The zero-order chi connectivity index (χ0) is 13.8. The fourth-order valence-corrected chi connectivity index (χ4v) is 2.73. The van der Waals surface area contributed by atoms with Crippen molar-refractivity contribution in [3.05, 3.63) is 29.6 Å². The summed E-state index contributed by atoms with van der Waals surface area (Å²) in [6, 6.07) is 4.29. The summed E-state index contributed by atoms with van der Waals surface area (Å²) in [5.74, 6) is -0.694. The van der Waals surface area contributed by atoms with Gasteiger partial charge in [0.25, 0.3) is 5.91 Å². The Hall–Kier alpha value is -1.62. The zero-order valence-electron chi connectivity index (χ0n) is 10.9. The van der Waals surface area contributed by atoms with Gasteiger partial charge >= 0.3 is 0 Å². The highest BCUT2D eigenvalue weighted by molar-refractivity contribution is 5.98. The van der Waals surface area contributed by atoms with E-state index < -0.39 is 11.7 Å². The lowest BCUT2D eigenvalue weighted by Gasteiger charge is -2.32. The minimum Gasteiger partial charge on any atom is -0.381 e. The van der Waals surface area contributed by atoms with Crippen molar-refractivity contribution in [2.45, 2.75) is 31.7 Å². The predicted molar refractivity (Wildman–Crippen MR) is 73.3 cm³/mol. The van der Waals surface area contributed by atoms with Gasteiger partial charge in [0.2, 0.25) is 0 Å². The molecule has 0 saturated heterocycles. The first-order chi connectivity index (χ1) is 9.11. The van der Waals surface area contributed by atoms with E-state index in [1.54, 1.807) is 6.07 Å². The second-order valence-electron chi connectivity index (χ2n) is 5.09. The largest absolute Gasteiger partial charge is 0.381 e. The van der Waals surface area contributed by atoms with Gasteiger partial charge in [-0.05, 0) is 43.5 Å². The highest BCUT2D eigenvalue weighted by Gasteiger charge is 2.24. The summed E-state index contributed by atoms with van der Waals surface area (Å²) in [7, 11) is 0. The Morgan fingerprint density at radius 2 is 2.11 bits per heavy atom. The van der Waals surface area contributed by atoms with Gasteiger partial charge in [0.05, 0.1) is 5.56 Å². The lowest BCUT2D eigenvalue weighted by atomic mass is 9.84. The molecule has 1 aromatic carbocycles. The maximum absolute atomic E-state index is 13.2. The fraction of sp³-hybridized carbons (Fsp3) is 0.500. The first-order valence-corrected chi connectivity index (χ1v) is 6.67. The molecule has 0 aromatic heterocycles. The molecule has 1 fully saturated rings. The number of benzene rings is 1. The Balaban J connectivity index is 2.20. The van der Waals surface area contributed by atoms with E-state index in [9.17, 15) is 9.18 Å². The van der Waals surface area contributed by atoms with Crippen molar-refractivity contribution in [3.63, 3.8) is 0 Å². The number of anilines is 1. The lowest BCUT2D eigenvalue weighted by Crippen LogP contribution is -2.37. The van der Waals surface area contributed by atoms with Crippen molar-refractivity contribution in [2.24, 2.45) is 17.4 Å². The second kappa shape index (κ2) is 6.02. The fourth-order valence-electron chi connectivity index (χ4n) is 2.73. The van der Waals surface area contributed by atoms with Crippen LogP contribution in [0.25, 0.3) is 0 Å². The number of nitrogens with two attached hydrogens (primary N) is 2. The quantitative estimate of drug-likeness (QED) is 0.777. The summed E-state index contributed by atoms with van der Waals surface area (Å²) in [5.41, 5.74) is 11.9. The molecule has 4 nitrogen and oxygen atoms in total. The average Bonchev–Trinajstić information content (AvgIpc) is 2.41. The molecule has 1 aliphatic carbocycles. The number of nitrogens with one attached hydrogen (secondary N) is 1. The number of carbonyl (C=O) groups is 1. The summed E-state index contributed by atoms with van der Waals surface area (Å²) in [6.07, 6.45) is 4.42. The van der Waals surface area contributed by atoms with E-state index in [0.29, 0.717) is 18.2 Å². The molecule has 0 heterocycles. The predicted octanol–water partition coefficient (Wildman–Crippen LogP) is 1.85. The standard InChI is InChI=1S/C14H20FN3O/c15-10-5-6-13(11(7-10)14(17)19)18-12-4-2-1-3-9(12)8-16/h5-7,9,12,18H,1-4,8,16H2,(H2,17,19). The van der Waals surface area contributed by atoms with E-state index in [1.807, 2.05) is 0 Å². The van der Waals surface area contributed by atoms with Gasteiger partial charge < -0.3 is 16.8 Å². The molecule has 0 radical (unpaired) electrons. The SMILES string of the molecule is NCC1CCCCC1Nc1ccc(F)cc1C(N)=O. The van der Waals surface area contributed by atoms with Gasteiger partial charge in [-0.1, -0.05) is 12.8 Å². The van der Waals surface area contributed by atoms with Gasteiger partial charge in [0.1, 0.15) is 5.82 Å². The highest BCUT2D eigenvalue weighted by atomic mass is 19.1. The van der Waals surface area contributed by atoms with Crippen LogP contribution in [-0.2, 0) is 0 Å². The maximum Gasteiger partial charge on any atom is 0.250 e. The Bertz CT molecular complexity index is 464. The third kappa shape index (κ3) is 3.23. The van der Waals surface area contributed by atoms with Crippen molar-refractivity contribution in [2.75, 3.05) is 11.9 Å². The van der Waals surface area contributed by atoms with Crippen LogP contribution < -0.4 is 16.8 Å². The molecular formula is C14H20FN3O. The van der Waals surface area contributed by atoms with Crippen LogP contribution >= 0.6 is 0 Å². The van der Waals surface area contributed by atoms with Crippen LogP contribution in [0, 0.1) is 11.7 Å². The summed E-state index contributed by atoms with van der Waals surface area (Å²) in [6.45, 7) is 0.616. The molecule has 2 unspecified atom stereocenters.